The van der Waals surface area contributed by atoms with E-state index in [1.165, 1.54) is 11.3 Å². The lowest BCUT2D eigenvalue weighted by atomic mass is 9.82. The van der Waals surface area contributed by atoms with Gasteiger partial charge in [-0.05, 0) is 25.0 Å². The Balaban J connectivity index is 1.41. The van der Waals surface area contributed by atoms with Gasteiger partial charge in [-0.15, -0.1) is 11.3 Å². The molecule has 0 unspecified atom stereocenters. The minimum absolute atomic E-state index is 0.290. The van der Waals surface area contributed by atoms with Gasteiger partial charge in [0.15, 0.2) is 5.13 Å². The number of halogens is 1. The van der Waals surface area contributed by atoms with Gasteiger partial charge in [-0.25, -0.2) is 9.78 Å². The first kappa shape index (κ1) is 19.1. The van der Waals surface area contributed by atoms with Crippen LogP contribution in [0.2, 0.25) is 0 Å². The van der Waals surface area contributed by atoms with Crippen molar-refractivity contribution >= 4 is 50.2 Å². The average molecular weight is 463 g/mol. The molecule has 0 bridgehead atoms. The summed E-state index contributed by atoms with van der Waals surface area (Å²) in [6.45, 7) is -0.307. The number of aromatic nitrogens is 1. The maximum Gasteiger partial charge on any atom is 0.325 e. The van der Waals surface area contributed by atoms with Gasteiger partial charge in [0.2, 0.25) is 5.91 Å². The smallest absolute Gasteiger partial charge is 0.323 e. The number of anilines is 1. The van der Waals surface area contributed by atoms with Crippen LogP contribution in [0.15, 0.2) is 34.1 Å². The van der Waals surface area contributed by atoms with E-state index in [1.807, 2.05) is 29.6 Å². The summed E-state index contributed by atoms with van der Waals surface area (Å²) in [6, 6.07) is 7.22. The van der Waals surface area contributed by atoms with Gasteiger partial charge in [0.25, 0.3) is 5.91 Å². The maximum atomic E-state index is 12.7. The second-order valence-electron chi connectivity index (χ2n) is 7.06. The zero-order valence-corrected chi connectivity index (χ0v) is 17.4. The van der Waals surface area contributed by atoms with Gasteiger partial charge in [0.1, 0.15) is 12.1 Å². The fourth-order valence-electron chi connectivity index (χ4n) is 3.73. The first-order chi connectivity index (χ1) is 13.5. The van der Waals surface area contributed by atoms with E-state index >= 15 is 0 Å². The fraction of sp³-hybridized carbons (Fsp3) is 0.368. The van der Waals surface area contributed by atoms with Gasteiger partial charge in [-0.2, -0.15) is 0 Å². The third kappa shape index (κ3) is 3.68. The molecule has 1 saturated heterocycles. The second-order valence-corrected chi connectivity index (χ2v) is 8.83. The largest absolute Gasteiger partial charge is 0.325 e. The van der Waals surface area contributed by atoms with E-state index in [-0.39, 0.29) is 12.5 Å². The molecule has 1 aliphatic heterocycles. The molecule has 4 amide bonds. The normalized spacial score (nSPS) is 18.4. The molecule has 0 radical (unpaired) electrons. The van der Waals surface area contributed by atoms with E-state index in [0.717, 1.165) is 39.9 Å². The SMILES string of the molecule is O=C(CN1C(=O)NC2(CCCCC2)C1=O)Nc1nc(-c2cccc(Br)c2)cs1. The highest BCUT2D eigenvalue weighted by molar-refractivity contribution is 9.10. The monoisotopic (exact) mass is 462 g/mol. The number of hydrogen-bond donors (Lipinski definition) is 2. The number of hydrogen-bond acceptors (Lipinski definition) is 5. The summed E-state index contributed by atoms with van der Waals surface area (Å²) in [6.07, 6.45) is 4.15. The molecule has 146 valence electrons. The zero-order valence-electron chi connectivity index (χ0n) is 15.0. The van der Waals surface area contributed by atoms with Crippen LogP contribution in [0.5, 0.6) is 0 Å². The Morgan fingerprint density at radius 3 is 2.82 bits per heavy atom. The quantitative estimate of drug-likeness (QED) is 0.676. The van der Waals surface area contributed by atoms with Crippen LogP contribution >= 0.6 is 27.3 Å². The van der Waals surface area contributed by atoms with Gasteiger partial charge in [-0.3, -0.25) is 14.5 Å². The van der Waals surface area contributed by atoms with Gasteiger partial charge >= 0.3 is 6.03 Å². The predicted octanol–water partition coefficient (Wildman–Crippen LogP) is 3.77. The van der Waals surface area contributed by atoms with Crippen LogP contribution in [0.4, 0.5) is 9.93 Å². The number of urea groups is 1. The van der Waals surface area contributed by atoms with Crippen molar-refractivity contribution in [2.45, 2.75) is 37.6 Å². The standard InChI is InChI=1S/C19H19BrN4O3S/c20-13-6-4-5-12(9-13)14-11-28-17(21-14)22-15(25)10-24-16(26)19(23-18(24)27)7-2-1-3-8-19/h4-6,9,11H,1-3,7-8,10H2,(H,23,27)(H,21,22,25). The number of carbonyl (C=O) groups is 3. The van der Waals surface area contributed by atoms with Gasteiger partial charge in [0, 0.05) is 15.4 Å². The molecule has 28 heavy (non-hydrogen) atoms. The molecule has 9 heteroatoms. The van der Waals surface area contributed by atoms with Crippen LogP contribution in [0.3, 0.4) is 0 Å². The molecule has 2 aromatic rings. The van der Waals surface area contributed by atoms with E-state index in [0.29, 0.717) is 18.0 Å². The second kappa shape index (κ2) is 7.63. The minimum atomic E-state index is -0.815. The van der Waals surface area contributed by atoms with Crippen LogP contribution < -0.4 is 10.6 Å². The molecule has 1 aromatic heterocycles. The molecule has 7 nitrogen and oxygen atoms in total. The van der Waals surface area contributed by atoms with Crippen LogP contribution in [0.25, 0.3) is 11.3 Å². The first-order valence-corrected chi connectivity index (χ1v) is 10.8. The van der Waals surface area contributed by atoms with E-state index in [2.05, 4.69) is 31.5 Å². The lowest BCUT2D eigenvalue weighted by Gasteiger charge is -2.30. The molecule has 0 atom stereocenters. The molecule has 1 aliphatic carbocycles. The van der Waals surface area contributed by atoms with Gasteiger partial charge in [-0.1, -0.05) is 47.3 Å². The number of amides is 4. The van der Waals surface area contributed by atoms with Gasteiger partial charge < -0.3 is 10.6 Å². The summed E-state index contributed by atoms with van der Waals surface area (Å²) in [4.78, 5) is 42.9. The van der Waals surface area contributed by atoms with E-state index in [9.17, 15) is 14.4 Å². The Morgan fingerprint density at radius 2 is 2.07 bits per heavy atom. The number of nitrogens with zero attached hydrogens (tertiary/aromatic N) is 2. The molecule has 1 spiro atoms. The van der Waals surface area contributed by atoms with Crippen molar-refractivity contribution < 1.29 is 14.4 Å². The topological polar surface area (TPSA) is 91.4 Å². The van der Waals surface area contributed by atoms with Gasteiger partial charge in [0.05, 0.1) is 5.69 Å². The van der Waals surface area contributed by atoms with E-state index in [1.54, 1.807) is 0 Å². The number of thiazole rings is 1. The summed E-state index contributed by atoms with van der Waals surface area (Å²) in [7, 11) is 0. The lowest BCUT2D eigenvalue weighted by Crippen LogP contribution is -2.48. The van der Waals surface area contributed by atoms with Crippen molar-refractivity contribution in [1.29, 1.82) is 0 Å². The number of benzene rings is 1. The number of nitrogens with one attached hydrogen (secondary N) is 2. The third-order valence-corrected chi connectivity index (χ3v) is 6.38. The number of rotatable bonds is 4. The molecule has 2 fully saturated rings. The highest BCUT2D eigenvalue weighted by Crippen LogP contribution is 2.33. The molecule has 1 aromatic carbocycles. The molecule has 2 N–H and O–H groups in total. The molecular formula is C19H19BrN4O3S. The van der Waals surface area contributed by atoms with Crippen LogP contribution in [0, 0.1) is 0 Å². The Bertz CT molecular complexity index is 939. The zero-order chi connectivity index (χ0) is 19.7. The average Bonchev–Trinajstić information content (AvgIpc) is 3.22. The third-order valence-electron chi connectivity index (χ3n) is 5.13. The van der Waals surface area contributed by atoms with Crippen molar-refractivity contribution in [1.82, 2.24) is 15.2 Å². The number of imide groups is 1. The van der Waals surface area contributed by atoms with Crippen molar-refractivity contribution in [3.05, 3.63) is 34.1 Å². The first-order valence-electron chi connectivity index (χ1n) is 9.12. The Kier molecular flexibility index (Phi) is 5.20. The Labute approximate surface area is 174 Å². The van der Waals surface area contributed by atoms with Crippen molar-refractivity contribution in [2.24, 2.45) is 0 Å². The van der Waals surface area contributed by atoms with Crippen molar-refractivity contribution in [2.75, 3.05) is 11.9 Å². The summed E-state index contributed by atoms with van der Waals surface area (Å²) in [5.41, 5.74) is 0.863. The Morgan fingerprint density at radius 1 is 1.29 bits per heavy atom. The molecule has 2 aliphatic rings. The fourth-order valence-corrected chi connectivity index (χ4v) is 4.86. The predicted molar refractivity (Wildman–Crippen MR) is 110 cm³/mol. The van der Waals surface area contributed by atoms with Crippen molar-refractivity contribution in [3.8, 4) is 11.3 Å². The molecule has 2 heterocycles. The lowest BCUT2D eigenvalue weighted by molar-refractivity contribution is -0.134. The number of carbonyl (C=O) groups excluding carboxylic acids is 3. The minimum Gasteiger partial charge on any atom is -0.323 e. The molecule has 1 saturated carbocycles. The van der Waals surface area contributed by atoms with E-state index < -0.39 is 17.5 Å². The van der Waals surface area contributed by atoms with Crippen molar-refractivity contribution in [3.63, 3.8) is 0 Å². The van der Waals surface area contributed by atoms with Crippen LogP contribution in [-0.2, 0) is 9.59 Å². The summed E-state index contributed by atoms with van der Waals surface area (Å²) in [5.74, 6) is -0.729. The van der Waals surface area contributed by atoms with E-state index in [4.69, 9.17) is 0 Å². The van der Waals surface area contributed by atoms with Crippen LogP contribution in [-0.4, -0.2) is 39.8 Å². The molecular weight excluding hydrogens is 444 g/mol. The Hall–Kier alpha value is -2.26. The highest BCUT2D eigenvalue weighted by Gasteiger charge is 2.51. The van der Waals surface area contributed by atoms with Crippen LogP contribution in [0.1, 0.15) is 32.1 Å². The summed E-state index contributed by atoms with van der Waals surface area (Å²) >= 11 is 4.72. The maximum absolute atomic E-state index is 12.7. The highest BCUT2D eigenvalue weighted by atomic mass is 79.9. The molecule has 4 rings (SSSR count). The summed E-state index contributed by atoms with van der Waals surface area (Å²) < 4.78 is 0.943. The summed E-state index contributed by atoms with van der Waals surface area (Å²) in [5, 5.41) is 7.78.